The average molecular weight is 460 g/mol. The van der Waals surface area contributed by atoms with E-state index in [0.717, 1.165) is 18.3 Å². The van der Waals surface area contributed by atoms with Crippen LogP contribution >= 0.6 is 0 Å². The van der Waals surface area contributed by atoms with Gasteiger partial charge in [0.05, 0.1) is 17.9 Å². The lowest BCUT2D eigenvalue weighted by molar-refractivity contribution is -0.138. The van der Waals surface area contributed by atoms with Crippen LogP contribution in [0.4, 0.5) is 23.2 Å². The van der Waals surface area contributed by atoms with Crippen LogP contribution in [0.1, 0.15) is 29.7 Å². The molecule has 1 aromatic carbocycles. The zero-order valence-corrected chi connectivity index (χ0v) is 18.8. The summed E-state index contributed by atoms with van der Waals surface area (Å²) >= 11 is 0. The highest BCUT2D eigenvalue weighted by Crippen LogP contribution is 2.43. The number of hydrogen-bond acceptors (Lipinski definition) is 5. The van der Waals surface area contributed by atoms with Crippen LogP contribution in [0.2, 0.25) is 25.7 Å². The number of ether oxygens (including phenoxy) is 1. The van der Waals surface area contributed by atoms with Crippen molar-refractivity contribution >= 4 is 13.8 Å². The summed E-state index contributed by atoms with van der Waals surface area (Å²) in [5.74, 6) is -1.43. The molecule has 11 heteroatoms. The van der Waals surface area contributed by atoms with Gasteiger partial charge in [-0.3, -0.25) is 4.79 Å². The SMILES string of the molecule is CC1c2cc(O)c(F)cc2CN1c1cnn(COCC[Si](C)(C)C)c(=O)c1C(F)(F)F. The van der Waals surface area contributed by atoms with Gasteiger partial charge in [-0.25, -0.2) is 9.07 Å². The van der Waals surface area contributed by atoms with Gasteiger partial charge >= 0.3 is 6.18 Å². The largest absolute Gasteiger partial charge is 0.505 e. The number of fused-ring (bicyclic) bond motifs is 1. The maximum atomic E-state index is 13.9. The second kappa shape index (κ2) is 8.27. The maximum absolute atomic E-state index is 13.9. The van der Waals surface area contributed by atoms with Crippen molar-refractivity contribution in [1.29, 1.82) is 0 Å². The highest BCUT2D eigenvalue weighted by atomic mass is 28.3. The van der Waals surface area contributed by atoms with E-state index in [1.54, 1.807) is 6.92 Å². The quantitative estimate of drug-likeness (QED) is 0.391. The van der Waals surface area contributed by atoms with Crippen LogP contribution in [0.15, 0.2) is 23.1 Å². The summed E-state index contributed by atoms with van der Waals surface area (Å²) < 4.78 is 61.4. The fraction of sp³-hybridized carbons (Fsp3) is 0.500. The molecule has 31 heavy (non-hydrogen) atoms. The molecule has 6 nitrogen and oxygen atoms in total. The Morgan fingerprint density at radius 1 is 1.29 bits per heavy atom. The van der Waals surface area contributed by atoms with Crippen molar-refractivity contribution in [3.05, 3.63) is 51.2 Å². The maximum Gasteiger partial charge on any atom is 0.423 e. The van der Waals surface area contributed by atoms with E-state index in [1.165, 1.54) is 11.0 Å². The van der Waals surface area contributed by atoms with Crippen LogP contribution in [-0.2, 0) is 24.2 Å². The van der Waals surface area contributed by atoms with Crippen molar-refractivity contribution < 1.29 is 27.4 Å². The molecule has 2 aromatic rings. The minimum Gasteiger partial charge on any atom is -0.505 e. The summed E-state index contributed by atoms with van der Waals surface area (Å²) in [7, 11) is -1.39. The minimum atomic E-state index is -4.92. The predicted octanol–water partition coefficient (Wildman–Crippen LogP) is 4.50. The molecule has 1 aromatic heterocycles. The summed E-state index contributed by atoms with van der Waals surface area (Å²) in [4.78, 5) is 14.0. The Morgan fingerprint density at radius 3 is 2.58 bits per heavy atom. The molecule has 0 saturated heterocycles. The highest BCUT2D eigenvalue weighted by Gasteiger charge is 2.42. The number of rotatable bonds is 6. The van der Waals surface area contributed by atoms with Crippen molar-refractivity contribution in [3.63, 3.8) is 0 Å². The van der Waals surface area contributed by atoms with Crippen LogP contribution in [0.3, 0.4) is 0 Å². The van der Waals surface area contributed by atoms with Gasteiger partial charge in [-0.05, 0) is 36.2 Å². The number of hydrogen-bond donors (Lipinski definition) is 1. The Bertz CT molecular complexity index is 1030. The molecule has 3 rings (SSSR count). The first-order valence-corrected chi connectivity index (χ1v) is 13.5. The third-order valence-corrected chi connectivity index (χ3v) is 7.00. The Morgan fingerprint density at radius 2 is 1.97 bits per heavy atom. The molecule has 1 N–H and O–H groups in total. The number of benzene rings is 1. The molecular formula is C20H25F4N3O3Si. The van der Waals surface area contributed by atoms with E-state index < -0.39 is 43.0 Å². The van der Waals surface area contributed by atoms with Crippen LogP contribution in [0, 0.1) is 5.82 Å². The van der Waals surface area contributed by atoms with E-state index in [-0.39, 0.29) is 19.0 Å². The third-order valence-electron chi connectivity index (χ3n) is 5.29. The van der Waals surface area contributed by atoms with Gasteiger partial charge in [0.2, 0.25) is 0 Å². The summed E-state index contributed by atoms with van der Waals surface area (Å²) in [5, 5.41) is 13.5. The summed E-state index contributed by atoms with van der Waals surface area (Å²) in [6.07, 6.45) is -3.93. The van der Waals surface area contributed by atoms with Gasteiger partial charge < -0.3 is 14.7 Å². The standard InChI is InChI=1S/C20H25F4N3O3Si/c1-12-14-8-17(28)15(21)7-13(14)10-26(12)16-9-25-27(11-30-5-6-31(2,3)4)19(29)18(16)20(22,23)24/h7-9,12,28H,5-6,10-11H2,1-4H3. The fourth-order valence-corrected chi connectivity index (χ4v) is 4.27. The number of anilines is 1. The lowest BCUT2D eigenvalue weighted by atomic mass is 10.1. The molecule has 1 unspecified atom stereocenters. The smallest absolute Gasteiger partial charge is 0.423 e. The van der Waals surface area contributed by atoms with E-state index in [4.69, 9.17) is 4.74 Å². The summed E-state index contributed by atoms with van der Waals surface area (Å²) in [5.41, 5.74) is -2.10. The van der Waals surface area contributed by atoms with E-state index in [0.29, 0.717) is 22.4 Å². The highest BCUT2D eigenvalue weighted by molar-refractivity contribution is 6.76. The number of nitrogens with zero attached hydrogens (tertiary/aromatic N) is 3. The van der Waals surface area contributed by atoms with Crippen LogP contribution in [0.5, 0.6) is 5.75 Å². The first-order chi connectivity index (χ1) is 14.3. The molecule has 2 heterocycles. The number of alkyl halides is 3. The number of phenolic OH excluding ortho intramolecular Hbond substituents is 1. The molecule has 170 valence electrons. The first-order valence-electron chi connectivity index (χ1n) is 9.82. The van der Waals surface area contributed by atoms with Crippen LogP contribution < -0.4 is 10.5 Å². The molecule has 0 radical (unpaired) electrons. The Balaban J connectivity index is 1.93. The van der Waals surface area contributed by atoms with Crippen LogP contribution in [0.25, 0.3) is 0 Å². The number of halogens is 4. The zero-order chi connectivity index (χ0) is 23.1. The lowest BCUT2D eigenvalue weighted by Crippen LogP contribution is -2.35. The van der Waals surface area contributed by atoms with Gasteiger partial charge in [0, 0.05) is 21.2 Å². The van der Waals surface area contributed by atoms with Gasteiger partial charge in [0.1, 0.15) is 12.3 Å². The molecule has 0 spiro atoms. The Kier molecular flexibility index (Phi) is 6.20. The van der Waals surface area contributed by atoms with Crippen LogP contribution in [-0.4, -0.2) is 29.6 Å². The topological polar surface area (TPSA) is 67.6 Å². The molecular weight excluding hydrogens is 434 g/mol. The molecule has 1 aliphatic heterocycles. The molecule has 1 aliphatic rings. The van der Waals surface area contributed by atoms with Crippen molar-refractivity contribution in [1.82, 2.24) is 9.78 Å². The third kappa shape index (κ3) is 4.92. The fourth-order valence-electron chi connectivity index (χ4n) is 3.51. The molecule has 0 bridgehead atoms. The second-order valence-corrected chi connectivity index (χ2v) is 14.5. The minimum absolute atomic E-state index is 0.0470. The van der Waals surface area contributed by atoms with E-state index >= 15 is 0 Å². The van der Waals surface area contributed by atoms with Crippen molar-refractivity contribution in [2.24, 2.45) is 0 Å². The lowest BCUT2D eigenvalue weighted by Gasteiger charge is -2.27. The molecule has 0 fully saturated rings. The van der Waals surface area contributed by atoms with Gasteiger partial charge in [-0.15, -0.1) is 0 Å². The van der Waals surface area contributed by atoms with E-state index in [2.05, 4.69) is 24.7 Å². The van der Waals surface area contributed by atoms with Gasteiger partial charge in [0.25, 0.3) is 5.56 Å². The normalized spacial score (nSPS) is 16.6. The molecule has 0 amide bonds. The summed E-state index contributed by atoms with van der Waals surface area (Å²) in [6, 6.07) is 2.48. The first kappa shape index (κ1) is 23.3. The van der Waals surface area contributed by atoms with Gasteiger partial charge in [-0.2, -0.15) is 18.3 Å². The Hall–Kier alpha value is -2.40. The van der Waals surface area contributed by atoms with E-state index in [1.807, 2.05) is 0 Å². The second-order valence-electron chi connectivity index (χ2n) is 8.86. The zero-order valence-electron chi connectivity index (χ0n) is 17.8. The average Bonchev–Trinajstić information content (AvgIpc) is 2.94. The molecule has 1 atom stereocenters. The monoisotopic (exact) mass is 459 g/mol. The molecule has 0 aliphatic carbocycles. The van der Waals surface area contributed by atoms with Crippen molar-refractivity contribution in [2.45, 2.75) is 58.1 Å². The predicted molar refractivity (Wildman–Crippen MR) is 110 cm³/mol. The van der Waals surface area contributed by atoms with E-state index in [9.17, 15) is 27.5 Å². The summed E-state index contributed by atoms with van der Waals surface area (Å²) in [6.45, 7) is 7.94. The van der Waals surface area contributed by atoms with Crippen molar-refractivity contribution in [2.75, 3.05) is 11.5 Å². The molecule has 0 saturated carbocycles. The number of phenols is 1. The number of aromatic hydroxyl groups is 1. The van der Waals surface area contributed by atoms with Gasteiger partial charge in [0.15, 0.2) is 11.6 Å². The van der Waals surface area contributed by atoms with Gasteiger partial charge in [-0.1, -0.05) is 19.6 Å². The van der Waals surface area contributed by atoms with Crippen molar-refractivity contribution in [3.8, 4) is 5.75 Å². The Labute approximate surface area is 178 Å². The number of aromatic nitrogens is 2.